The van der Waals surface area contributed by atoms with Crippen molar-refractivity contribution < 1.29 is 0 Å². The first-order chi connectivity index (χ1) is 11.9. The van der Waals surface area contributed by atoms with Crippen molar-refractivity contribution in [2.45, 2.75) is 83.3 Å². The van der Waals surface area contributed by atoms with Crippen LogP contribution in [0.2, 0.25) is 0 Å². The minimum absolute atomic E-state index is 0.341. The Morgan fingerprint density at radius 2 is 1.12 bits per heavy atom. The zero-order valence-corrected chi connectivity index (χ0v) is 16.3. The van der Waals surface area contributed by atoms with Crippen molar-refractivity contribution in [2.75, 3.05) is 0 Å². The minimum atomic E-state index is 0.341. The molecule has 0 radical (unpaired) electrons. The smallest absolute Gasteiger partial charge is 0.0654 e. The van der Waals surface area contributed by atoms with Gasteiger partial charge in [-0.2, -0.15) is 0 Å². The van der Waals surface area contributed by atoms with Gasteiger partial charge in [-0.1, -0.05) is 89.0 Å². The summed E-state index contributed by atoms with van der Waals surface area (Å²) >= 11 is 0. The number of rotatable bonds is 13. The first kappa shape index (κ1) is 19.2. The van der Waals surface area contributed by atoms with Crippen LogP contribution in [0.25, 0.3) is 0 Å². The lowest BCUT2D eigenvalue weighted by atomic mass is 10.0. The zero-order valence-electron chi connectivity index (χ0n) is 15.5. The van der Waals surface area contributed by atoms with Crippen molar-refractivity contribution in [1.82, 2.24) is 0 Å². The van der Waals surface area contributed by atoms with Gasteiger partial charge in [0.2, 0.25) is 0 Å². The molecule has 0 aliphatic heterocycles. The molecule has 0 aliphatic rings. The summed E-state index contributed by atoms with van der Waals surface area (Å²) in [6.07, 6.45) is 15.4. The van der Waals surface area contributed by atoms with Gasteiger partial charge < -0.3 is 0 Å². The maximum absolute atomic E-state index is 2.34. The van der Waals surface area contributed by atoms with Crippen LogP contribution in [-0.4, -0.2) is 0 Å². The number of aryl methyl sites for hydroxylation is 1. The van der Waals surface area contributed by atoms with E-state index in [-0.39, 0.29) is 0 Å². The van der Waals surface area contributed by atoms with Crippen molar-refractivity contribution in [1.29, 1.82) is 0 Å². The summed E-state index contributed by atoms with van der Waals surface area (Å²) in [5.41, 5.74) is 2.99. The molecule has 0 N–H and O–H groups in total. The average Bonchev–Trinajstić information content (AvgIpc) is 3.11. The third-order valence-corrected chi connectivity index (χ3v) is 6.47. The van der Waals surface area contributed by atoms with Crippen LogP contribution in [0.4, 0.5) is 0 Å². The lowest BCUT2D eigenvalue weighted by Crippen LogP contribution is -1.88. The number of unbranched alkanes of at least 4 members (excludes halogenated alkanes) is 9. The van der Waals surface area contributed by atoms with Crippen LogP contribution in [0.5, 0.6) is 0 Å². The maximum atomic E-state index is 2.34. The molecule has 1 aromatic carbocycles. The van der Waals surface area contributed by atoms with E-state index in [1.54, 1.807) is 0 Å². The van der Waals surface area contributed by atoms with E-state index in [2.05, 4.69) is 54.1 Å². The highest BCUT2D eigenvalue weighted by molar-refractivity contribution is 7.27. The molecular weight excluding hydrogens is 308 g/mol. The van der Waals surface area contributed by atoms with Gasteiger partial charge in [0.15, 0.2) is 5.75 Å². The van der Waals surface area contributed by atoms with E-state index in [0.29, 0.717) is 10.5 Å². The van der Waals surface area contributed by atoms with Gasteiger partial charge in [0.05, 0.1) is 0 Å². The highest BCUT2D eigenvalue weighted by Crippen LogP contribution is 2.22. The first-order valence-corrected chi connectivity index (χ1v) is 11.5. The molecule has 2 rings (SSSR count). The molecule has 2 aromatic rings. The lowest BCUT2D eigenvalue weighted by molar-refractivity contribution is 0.556. The summed E-state index contributed by atoms with van der Waals surface area (Å²) in [7, 11) is 0.341. The molecule has 132 valence electrons. The van der Waals surface area contributed by atoms with Gasteiger partial charge >= 0.3 is 0 Å². The standard InChI is InChI=1S/C23H35S/c1-2-3-4-5-6-7-8-9-10-11-14-22-15-17-23(18-16-22)21-24-19-12-13-20-24/h12-13,15-20H,2-11,14,21H2,1H3/q+1. The quantitative estimate of drug-likeness (QED) is 0.256. The highest BCUT2D eigenvalue weighted by atomic mass is 32.2. The molecule has 0 saturated carbocycles. The second-order valence-corrected chi connectivity index (χ2v) is 8.79. The average molecular weight is 344 g/mol. The van der Waals surface area contributed by atoms with Crippen molar-refractivity contribution in [3.8, 4) is 0 Å². The molecule has 0 bridgehead atoms. The molecule has 0 aliphatic carbocycles. The van der Waals surface area contributed by atoms with Crippen LogP contribution in [0, 0.1) is 0 Å². The van der Waals surface area contributed by atoms with Gasteiger partial charge in [-0.15, -0.1) is 0 Å². The molecule has 0 fully saturated rings. The fourth-order valence-corrected chi connectivity index (χ4v) is 4.69. The number of thiophene rings is 1. The predicted molar refractivity (Wildman–Crippen MR) is 110 cm³/mol. The predicted octanol–water partition coefficient (Wildman–Crippen LogP) is 7.95. The molecular formula is C23H35S+. The fourth-order valence-electron chi connectivity index (χ4n) is 3.25. The second-order valence-electron chi connectivity index (χ2n) is 7.02. The second kappa shape index (κ2) is 12.3. The number of hydrogen-bond acceptors (Lipinski definition) is 0. The summed E-state index contributed by atoms with van der Waals surface area (Å²) in [5.74, 6) is 1.17. The monoisotopic (exact) mass is 343 g/mol. The van der Waals surface area contributed by atoms with Gasteiger partial charge in [-0.05, 0) is 41.0 Å². The van der Waals surface area contributed by atoms with Gasteiger partial charge in [-0.25, -0.2) is 0 Å². The van der Waals surface area contributed by atoms with Crippen LogP contribution in [0.3, 0.4) is 0 Å². The van der Waals surface area contributed by atoms with E-state index in [9.17, 15) is 0 Å². The Bertz CT molecular complexity index is 509. The topological polar surface area (TPSA) is 0 Å². The lowest BCUT2D eigenvalue weighted by Gasteiger charge is -2.04. The Hall–Kier alpha value is -1.08. The summed E-state index contributed by atoms with van der Waals surface area (Å²) in [6.45, 7) is 2.29. The summed E-state index contributed by atoms with van der Waals surface area (Å²) in [4.78, 5) is 0. The van der Waals surface area contributed by atoms with Crippen molar-refractivity contribution >= 4 is 10.5 Å². The first-order valence-electron chi connectivity index (χ1n) is 10.00. The highest BCUT2D eigenvalue weighted by Gasteiger charge is 2.04. The minimum Gasteiger partial charge on any atom is -0.0654 e. The van der Waals surface area contributed by atoms with E-state index in [4.69, 9.17) is 0 Å². The number of hydrogen-bond donors (Lipinski definition) is 0. The van der Waals surface area contributed by atoms with Crippen LogP contribution < -0.4 is 0 Å². The maximum Gasteiger partial charge on any atom is 0.152 e. The molecule has 1 heteroatoms. The Balaban J connectivity index is 1.50. The largest absolute Gasteiger partial charge is 0.152 e. The molecule has 24 heavy (non-hydrogen) atoms. The molecule has 0 nitrogen and oxygen atoms in total. The molecule has 0 amide bonds. The number of benzene rings is 1. The van der Waals surface area contributed by atoms with Gasteiger partial charge in [0, 0.05) is 5.56 Å². The van der Waals surface area contributed by atoms with Crippen molar-refractivity contribution in [3.63, 3.8) is 0 Å². The Labute approximate surface area is 152 Å². The fraction of sp³-hybridized carbons (Fsp3) is 0.565. The summed E-state index contributed by atoms with van der Waals surface area (Å²) in [5, 5.41) is 4.63. The Morgan fingerprint density at radius 1 is 0.625 bits per heavy atom. The van der Waals surface area contributed by atoms with Gasteiger partial charge in [0.1, 0.15) is 10.8 Å². The normalized spacial score (nSPS) is 11.0. The van der Waals surface area contributed by atoms with Crippen LogP contribution in [-0.2, 0) is 12.2 Å². The van der Waals surface area contributed by atoms with E-state index in [0.717, 1.165) is 0 Å². The summed E-state index contributed by atoms with van der Waals surface area (Å²) in [6, 6.07) is 13.7. The SMILES string of the molecule is CCCCCCCCCCCCc1ccc(C[s+]2cccc2)cc1. The Morgan fingerprint density at radius 3 is 1.71 bits per heavy atom. The van der Waals surface area contributed by atoms with E-state index < -0.39 is 0 Å². The van der Waals surface area contributed by atoms with Gasteiger partial charge in [0.25, 0.3) is 0 Å². The van der Waals surface area contributed by atoms with E-state index in [1.165, 1.54) is 87.5 Å². The molecule has 0 spiro atoms. The van der Waals surface area contributed by atoms with Gasteiger partial charge in [-0.3, -0.25) is 0 Å². The molecule has 0 saturated heterocycles. The third-order valence-electron chi connectivity index (χ3n) is 4.79. The summed E-state index contributed by atoms with van der Waals surface area (Å²) < 4.78 is 0. The molecule has 1 aromatic heterocycles. The van der Waals surface area contributed by atoms with Crippen LogP contribution in [0.1, 0.15) is 82.3 Å². The third kappa shape index (κ3) is 8.15. The van der Waals surface area contributed by atoms with E-state index >= 15 is 0 Å². The zero-order chi connectivity index (χ0) is 16.9. The van der Waals surface area contributed by atoms with Crippen molar-refractivity contribution in [3.05, 3.63) is 58.3 Å². The Kier molecular flexibility index (Phi) is 9.87. The van der Waals surface area contributed by atoms with E-state index in [1.807, 2.05) is 0 Å². The molecule has 1 heterocycles. The van der Waals surface area contributed by atoms with Crippen LogP contribution >= 0.6 is 10.5 Å². The molecule has 0 unspecified atom stereocenters. The molecule has 0 atom stereocenters. The van der Waals surface area contributed by atoms with Crippen LogP contribution in [0.15, 0.2) is 47.2 Å². The van der Waals surface area contributed by atoms with Crippen molar-refractivity contribution in [2.24, 2.45) is 0 Å².